The Balaban J connectivity index is 2.09. The Hall–Kier alpha value is 0.0700. The van der Waals surface area contributed by atoms with Crippen LogP contribution in [0.4, 0.5) is 0 Å². The average molecular weight is 308 g/mol. The first-order chi connectivity index (χ1) is 8.75. The number of nitrogens with one attached hydrogen (secondary N) is 1. The lowest BCUT2D eigenvalue weighted by molar-refractivity contribution is 0.296. The van der Waals surface area contributed by atoms with E-state index in [1.807, 2.05) is 23.9 Å². The zero-order chi connectivity index (χ0) is 13.2. The van der Waals surface area contributed by atoms with Crippen LogP contribution in [0.1, 0.15) is 12.0 Å². The number of aliphatic hydroxyl groups is 1. The highest BCUT2D eigenvalue weighted by Crippen LogP contribution is 2.25. The fourth-order valence-electron chi connectivity index (χ4n) is 1.50. The predicted octanol–water partition coefficient (Wildman–Crippen LogP) is 3.24. The molecule has 2 N–H and O–H groups in total. The van der Waals surface area contributed by atoms with E-state index in [-0.39, 0.29) is 6.61 Å². The molecule has 0 bridgehead atoms. The van der Waals surface area contributed by atoms with Crippen molar-refractivity contribution in [1.82, 2.24) is 5.32 Å². The summed E-state index contributed by atoms with van der Waals surface area (Å²) in [6.45, 7) is 2.17. The van der Waals surface area contributed by atoms with Crippen LogP contribution in [-0.2, 0) is 6.42 Å². The lowest BCUT2D eigenvalue weighted by Gasteiger charge is -2.07. The van der Waals surface area contributed by atoms with Crippen molar-refractivity contribution in [3.8, 4) is 0 Å². The van der Waals surface area contributed by atoms with Gasteiger partial charge in [-0.05, 0) is 36.8 Å². The van der Waals surface area contributed by atoms with E-state index in [1.54, 1.807) is 6.07 Å². The van der Waals surface area contributed by atoms with Crippen LogP contribution in [0.5, 0.6) is 0 Å². The highest BCUT2D eigenvalue weighted by molar-refractivity contribution is 7.99. The predicted molar refractivity (Wildman–Crippen MR) is 82.1 cm³/mol. The summed E-state index contributed by atoms with van der Waals surface area (Å²) in [4.78, 5) is 0. The van der Waals surface area contributed by atoms with Gasteiger partial charge in [0.25, 0.3) is 0 Å². The zero-order valence-corrected chi connectivity index (χ0v) is 12.6. The van der Waals surface area contributed by atoms with Crippen molar-refractivity contribution in [3.63, 3.8) is 0 Å². The average Bonchev–Trinajstić information content (AvgIpc) is 2.37. The van der Waals surface area contributed by atoms with Gasteiger partial charge in [-0.25, -0.2) is 0 Å². The summed E-state index contributed by atoms with van der Waals surface area (Å²) in [5.74, 6) is 2.10. The van der Waals surface area contributed by atoms with Crippen LogP contribution in [0.3, 0.4) is 0 Å². The molecule has 0 aliphatic rings. The fourth-order valence-corrected chi connectivity index (χ4v) is 2.74. The standard InChI is InChI=1S/C13H19Cl2NOS/c14-12-4-1-3-11(13(12)15)5-6-16-7-10-18-9-2-8-17/h1,3-4,16-17H,2,5-10H2. The van der Waals surface area contributed by atoms with E-state index in [0.29, 0.717) is 10.0 Å². The third-order valence-corrected chi connectivity index (χ3v) is 4.40. The molecule has 0 unspecified atom stereocenters. The summed E-state index contributed by atoms with van der Waals surface area (Å²) < 4.78 is 0. The molecule has 2 nitrogen and oxygen atoms in total. The van der Waals surface area contributed by atoms with Gasteiger partial charge >= 0.3 is 0 Å². The minimum Gasteiger partial charge on any atom is -0.396 e. The molecule has 1 rings (SSSR count). The van der Waals surface area contributed by atoms with Crippen molar-refractivity contribution in [2.75, 3.05) is 31.2 Å². The maximum atomic E-state index is 8.63. The van der Waals surface area contributed by atoms with Crippen LogP contribution < -0.4 is 5.32 Å². The number of rotatable bonds is 9. The molecule has 1 aromatic carbocycles. The van der Waals surface area contributed by atoms with Crippen LogP contribution in [-0.4, -0.2) is 36.3 Å². The number of aliphatic hydroxyl groups excluding tert-OH is 1. The third-order valence-electron chi connectivity index (χ3n) is 2.47. The minimum atomic E-state index is 0.285. The molecule has 0 fully saturated rings. The largest absolute Gasteiger partial charge is 0.396 e. The van der Waals surface area contributed by atoms with Crippen LogP contribution in [0.15, 0.2) is 18.2 Å². The fraction of sp³-hybridized carbons (Fsp3) is 0.538. The molecule has 0 saturated carbocycles. The Morgan fingerprint density at radius 3 is 2.78 bits per heavy atom. The lowest BCUT2D eigenvalue weighted by Crippen LogP contribution is -2.20. The molecule has 5 heteroatoms. The first-order valence-electron chi connectivity index (χ1n) is 6.08. The Kier molecular flexibility index (Phi) is 8.90. The second-order valence-electron chi connectivity index (χ2n) is 3.90. The van der Waals surface area contributed by atoms with E-state index < -0.39 is 0 Å². The highest BCUT2D eigenvalue weighted by Gasteiger charge is 2.03. The van der Waals surface area contributed by atoms with Gasteiger partial charge < -0.3 is 10.4 Å². The Morgan fingerprint density at radius 1 is 1.17 bits per heavy atom. The Morgan fingerprint density at radius 2 is 2.00 bits per heavy atom. The van der Waals surface area contributed by atoms with Gasteiger partial charge in [0.15, 0.2) is 0 Å². The molecule has 1 aromatic rings. The quantitative estimate of drug-likeness (QED) is 0.687. The number of hydrogen-bond acceptors (Lipinski definition) is 3. The SMILES string of the molecule is OCCCSCCNCCc1cccc(Cl)c1Cl. The minimum absolute atomic E-state index is 0.285. The van der Waals surface area contributed by atoms with Crippen molar-refractivity contribution in [2.45, 2.75) is 12.8 Å². The van der Waals surface area contributed by atoms with Gasteiger partial charge in [-0.15, -0.1) is 0 Å². The number of thioether (sulfide) groups is 1. The second kappa shape index (κ2) is 9.93. The molecule has 0 spiro atoms. The van der Waals surface area contributed by atoms with Crippen molar-refractivity contribution in [1.29, 1.82) is 0 Å². The van der Waals surface area contributed by atoms with Crippen LogP contribution >= 0.6 is 35.0 Å². The molecule has 18 heavy (non-hydrogen) atoms. The summed E-state index contributed by atoms with van der Waals surface area (Å²) >= 11 is 13.9. The van der Waals surface area contributed by atoms with Gasteiger partial charge in [-0.1, -0.05) is 35.3 Å². The Labute approximate surface area is 123 Å². The molecule has 0 radical (unpaired) electrons. The maximum absolute atomic E-state index is 8.63. The molecule has 0 amide bonds. The van der Waals surface area contributed by atoms with E-state index in [1.165, 1.54) is 0 Å². The van der Waals surface area contributed by atoms with Gasteiger partial charge in [-0.2, -0.15) is 11.8 Å². The lowest BCUT2D eigenvalue weighted by atomic mass is 10.1. The van der Waals surface area contributed by atoms with Gasteiger partial charge in [0.2, 0.25) is 0 Å². The van der Waals surface area contributed by atoms with Crippen molar-refractivity contribution in [3.05, 3.63) is 33.8 Å². The summed E-state index contributed by atoms with van der Waals surface area (Å²) in [5, 5.41) is 13.3. The van der Waals surface area contributed by atoms with E-state index in [4.69, 9.17) is 28.3 Å². The normalized spacial score (nSPS) is 10.8. The third kappa shape index (κ3) is 6.30. The summed E-state index contributed by atoms with van der Waals surface area (Å²) in [7, 11) is 0. The van der Waals surface area contributed by atoms with Gasteiger partial charge in [0, 0.05) is 18.9 Å². The van der Waals surface area contributed by atoms with E-state index in [2.05, 4.69) is 5.32 Å². The molecule has 0 aromatic heterocycles. The first kappa shape index (κ1) is 16.1. The summed E-state index contributed by atoms with van der Waals surface area (Å²) in [6.07, 6.45) is 1.77. The maximum Gasteiger partial charge on any atom is 0.0624 e. The summed E-state index contributed by atoms with van der Waals surface area (Å²) in [5.41, 5.74) is 1.09. The number of halogens is 2. The van der Waals surface area contributed by atoms with E-state index in [9.17, 15) is 0 Å². The topological polar surface area (TPSA) is 32.3 Å². The smallest absolute Gasteiger partial charge is 0.0624 e. The van der Waals surface area contributed by atoms with Crippen LogP contribution in [0, 0.1) is 0 Å². The molecular weight excluding hydrogens is 289 g/mol. The van der Waals surface area contributed by atoms with E-state index in [0.717, 1.165) is 43.0 Å². The molecule has 0 aliphatic carbocycles. The molecule has 0 atom stereocenters. The summed E-state index contributed by atoms with van der Waals surface area (Å²) in [6, 6.07) is 5.73. The van der Waals surface area contributed by atoms with E-state index >= 15 is 0 Å². The molecule has 0 heterocycles. The molecule has 0 aliphatic heterocycles. The van der Waals surface area contributed by atoms with Crippen molar-refractivity contribution in [2.24, 2.45) is 0 Å². The molecular formula is C13H19Cl2NOS. The van der Waals surface area contributed by atoms with Crippen LogP contribution in [0.25, 0.3) is 0 Å². The monoisotopic (exact) mass is 307 g/mol. The number of benzene rings is 1. The van der Waals surface area contributed by atoms with Crippen molar-refractivity contribution < 1.29 is 5.11 Å². The number of hydrogen-bond donors (Lipinski definition) is 2. The van der Waals surface area contributed by atoms with Gasteiger partial charge in [0.05, 0.1) is 10.0 Å². The van der Waals surface area contributed by atoms with Crippen molar-refractivity contribution >= 4 is 35.0 Å². The first-order valence-corrected chi connectivity index (χ1v) is 7.99. The van der Waals surface area contributed by atoms with Crippen LogP contribution in [0.2, 0.25) is 10.0 Å². The van der Waals surface area contributed by atoms with Gasteiger partial charge in [-0.3, -0.25) is 0 Å². The highest BCUT2D eigenvalue weighted by atomic mass is 35.5. The zero-order valence-electron chi connectivity index (χ0n) is 10.3. The molecule has 102 valence electrons. The molecule has 0 saturated heterocycles. The Bertz CT molecular complexity index is 350. The van der Waals surface area contributed by atoms with Gasteiger partial charge in [0.1, 0.15) is 0 Å². The second-order valence-corrected chi connectivity index (χ2v) is 5.91.